The Bertz CT molecular complexity index is 1290. The fourth-order valence-electron chi connectivity index (χ4n) is 4.04. The lowest BCUT2D eigenvalue weighted by Crippen LogP contribution is -2.35. The number of sulfonamides is 1. The monoisotopic (exact) mass is 492 g/mol. The van der Waals surface area contributed by atoms with Crippen LogP contribution in [0.3, 0.4) is 0 Å². The number of carbonyl (C=O) groups is 2. The van der Waals surface area contributed by atoms with E-state index in [4.69, 9.17) is 4.74 Å². The van der Waals surface area contributed by atoms with E-state index in [2.05, 4.69) is 17.4 Å². The van der Waals surface area contributed by atoms with Crippen molar-refractivity contribution in [2.24, 2.45) is 0 Å². The van der Waals surface area contributed by atoms with Crippen molar-refractivity contribution in [3.8, 4) is 0 Å². The Hall–Kier alpha value is -3.65. The molecule has 0 radical (unpaired) electrons. The number of esters is 1. The summed E-state index contributed by atoms with van der Waals surface area (Å²) >= 11 is 0. The molecule has 3 aromatic rings. The second-order valence-corrected chi connectivity index (χ2v) is 10.4. The van der Waals surface area contributed by atoms with Gasteiger partial charge in [-0.3, -0.25) is 9.10 Å². The summed E-state index contributed by atoms with van der Waals surface area (Å²) in [5.41, 5.74) is 1.73. The van der Waals surface area contributed by atoms with Crippen LogP contribution in [0.4, 0.5) is 5.69 Å². The summed E-state index contributed by atoms with van der Waals surface area (Å²) in [6, 6.07) is 24.4. The molecule has 0 saturated heterocycles. The third kappa shape index (κ3) is 5.54. The maximum atomic E-state index is 13.2. The first-order chi connectivity index (χ1) is 16.9. The van der Waals surface area contributed by atoms with Crippen LogP contribution in [0.2, 0.25) is 0 Å². The van der Waals surface area contributed by atoms with Crippen molar-refractivity contribution in [2.75, 3.05) is 24.0 Å². The largest absolute Gasteiger partial charge is 0.452 e. The fraction of sp³-hybridized carbons (Fsp3) is 0.259. The van der Waals surface area contributed by atoms with Gasteiger partial charge >= 0.3 is 5.97 Å². The average molecular weight is 493 g/mol. The van der Waals surface area contributed by atoms with Gasteiger partial charge in [-0.2, -0.15) is 0 Å². The number of rotatable bonds is 10. The molecular formula is C27H28N2O5S. The normalized spacial score (nSPS) is 14.1. The van der Waals surface area contributed by atoms with Crippen LogP contribution >= 0.6 is 0 Å². The number of hydrogen-bond acceptors (Lipinski definition) is 5. The Labute approximate surface area is 205 Å². The Balaban J connectivity index is 1.37. The maximum absolute atomic E-state index is 13.2. The zero-order chi connectivity index (χ0) is 24.9. The molecule has 3 aromatic carbocycles. The van der Waals surface area contributed by atoms with Gasteiger partial charge < -0.3 is 10.1 Å². The van der Waals surface area contributed by atoms with Gasteiger partial charge in [-0.15, -0.1) is 0 Å². The summed E-state index contributed by atoms with van der Waals surface area (Å²) in [5, 5.41) is 2.85. The Morgan fingerprint density at radius 2 is 1.60 bits per heavy atom. The summed E-state index contributed by atoms with van der Waals surface area (Å²) < 4.78 is 32.9. The fourth-order valence-corrected chi connectivity index (χ4v) is 5.56. The number of amides is 1. The molecule has 1 aliphatic carbocycles. The van der Waals surface area contributed by atoms with Gasteiger partial charge in [0.1, 0.15) is 0 Å². The van der Waals surface area contributed by atoms with Crippen molar-refractivity contribution in [1.82, 2.24) is 5.32 Å². The second-order valence-electron chi connectivity index (χ2n) is 8.53. The predicted molar refractivity (Wildman–Crippen MR) is 134 cm³/mol. The number of nitrogens with one attached hydrogen (secondary N) is 1. The van der Waals surface area contributed by atoms with Gasteiger partial charge in [-0.25, -0.2) is 13.2 Å². The molecule has 35 heavy (non-hydrogen) atoms. The third-order valence-corrected chi connectivity index (χ3v) is 8.09. The highest BCUT2D eigenvalue weighted by atomic mass is 32.2. The van der Waals surface area contributed by atoms with Crippen LogP contribution in [-0.4, -0.2) is 40.0 Å². The molecule has 1 fully saturated rings. The zero-order valence-corrected chi connectivity index (χ0v) is 20.3. The highest BCUT2D eigenvalue weighted by Gasteiger charge is 2.44. The highest BCUT2D eigenvalue weighted by molar-refractivity contribution is 7.92. The summed E-state index contributed by atoms with van der Waals surface area (Å²) in [7, 11) is -3.89. The number of nitrogens with zero attached hydrogens (tertiary/aromatic N) is 1. The summed E-state index contributed by atoms with van der Waals surface area (Å²) in [5.74, 6) is -1.16. The SMILES string of the molecule is CCN(c1ccccc1)S(=O)(=O)c1cccc(C(=O)OCC(=O)NCC2(c3ccccc3)CC2)c1. The van der Waals surface area contributed by atoms with Crippen molar-refractivity contribution in [1.29, 1.82) is 0 Å². The standard InChI is InChI=1S/C27H28N2O5S/c1-2-29(23-13-7-4-8-14-23)35(32,33)24-15-9-10-21(18-24)26(31)34-19-25(30)28-20-27(16-17-27)22-11-5-3-6-12-22/h3-15,18H,2,16-17,19-20H2,1H3,(H,28,30). The maximum Gasteiger partial charge on any atom is 0.338 e. The number of hydrogen-bond donors (Lipinski definition) is 1. The second kappa shape index (κ2) is 10.3. The first-order valence-electron chi connectivity index (χ1n) is 11.5. The number of carbonyl (C=O) groups excluding carboxylic acids is 2. The molecule has 1 N–H and O–H groups in total. The van der Waals surface area contributed by atoms with Crippen LogP contribution in [0.5, 0.6) is 0 Å². The van der Waals surface area contributed by atoms with E-state index in [1.807, 2.05) is 24.3 Å². The van der Waals surface area contributed by atoms with E-state index in [0.717, 1.165) is 12.8 Å². The van der Waals surface area contributed by atoms with Crippen molar-refractivity contribution in [3.05, 3.63) is 96.1 Å². The van der Waals surface area contributed by atoms with Crippen LogP contribution in [0.1, 0.15) is 35.7 Å². The van der Waals surface area contributed by atoms with Gasteiger partial charge in [0.05, 0.1) is 16.1 Å². The number of para-hydroxylation sites is 1. The van der Waals surface area contributed by atoms with Gasteiger partial charge in [0.15, 0.2) is 6.61 Å². The Morgan fingerprint density at radius 1 is 0.943 bits per heavy atom. The van der Waals surface area contributed by atoms with Crippen LogP contribution in [0, 0.1) is 0 Å². The van der Waals surface area contributed by atoms with E-state index in [-0.39, 0.29) is 22.4 Å². The van der Waals surface area contributed by atoms with Crippen LogP contribution < -0.4 is 9.62 Å². The van der Waals surface area contributed by atoms with E-state index in [0.29, 0.717) is 12.2 Å². The first kappa shape index (κ1) is 24.5. The summed E-state index contributed by atoms with van der Waals surface area (Å²) in [6.07, 6.45) is 1.99. The summed E-state index contributed by atoms with van der Waals surface area (Å²) in [4.78, 5) is 24.8. The molecule has 0 aliphatic heterocycles. The van der Waals surface area contributed by atoms with E-state index < -0.39 is 28.5 Å². The van der Waals surface area contributed by atoms with Gasteiger partial charge in [-0.05, 0) is 55.7 Å². The molecule has 0 bridgehead atoms. The molecule has 8 heteroatoms. The summed E-state index contributed by atoms with van der Waals surface area (Å²) in [6.45, 7) is 2.01. The first-order valence-corrected chi connectivity index (χ1v) is 13.0. The molecule has 1 aliphatic rings. The van der Waals surface area contributed by atoms with E-state index in [1.54, 1.807) is 31.2 Å². The minimum absolute atomic E-state index is 0.0272. The van der Waals surface area contributed by atoms with E-state index in [9.17, 15) is 18.0 Å². The molecule has 7 nitrogen and oxygen atoms in total. The van der Waals surface area contributed by atoms with Crippen molar-refractivity contribution in [3.63, 3.8) is 0 Å². The molecule has 1 saturated carbocycles. The third-order valence-electron chi connectivity index (χ3n) is 6.19. The predicted octanol–water partition coefficient (Wildman–Crippen LogP) is 3.91. The lowest BCUT2D eigenvalue weighted by molar-refractivity contribution is -0.124. The van der Waals surface area contributed by atoms with Gasteiger partial charge in [0, 0.05) is 18.5 Å². The minimum atomic E-state index is -3.89. The van der Waals surface area contributed by atoms with Crippen LogP contribution in [0.25, 0.3) is 0 Å². The van der Waals surface area contributed by atoms with Crippen molar-refractivity contribution in [2.45, 2.75) is 30.1 Å². The lowest BCUT2D eigenvalue weighted by Gasteiger charge is -2.23. The van der Waals surface area contributed by atoms with Crippen molar-refractivity contribution < 1.29 is 22.7 Å². The Morgan fingerprint density at radius 3 is 2.23 bits per heavy atom. The Kier molecular flexibility index (Phi) is 7.21. The van der Waals surface area contributed by atoms with E-state index in [1.165, 1.54) is 34.1 Å². The van der Waals surface area contributed by atoms with Gasteiger partial charge in [0.2, 0.25) is 0 Å². The smallest absolute Gasteiger partial charge is 0.338 e. The van der Waals surface area contributed by atoms with E-state index >= 15 is 0 Å². The number of benzene rings is 3. The molecule has 0 unspecified atom stereocenters. The molecule has 0 aromatic heterocycles. The van der Waals surface area contributed by atoms with Crippen LogP contribution in [-0.2, 0) is 25.0 Å². The van der Waals surface area contributed by atoms with Crippen LogP contribution in [0.15, 0.2) is 89.8 Å². The quantitative estimate of drug-likeness (QED) is 0.433. The molecule has 4 rings (SSSR count). The lowest BCUT2D eigenvalue weighted by atomic mass is 9.96. The molecule has 182 valence electrons. The molecule has 0 atom stereocenters. The topological polar surface area (TPSA) is 92.8 Å². The average Bonchev–Trinajstić information content (AvgIpc) is 3.69. The minimum Gasteiger partial charge on any atom is -0.452 e. The highest BCUT2D eigenvalue weighted by Crippen LogP contribution is 2.47. The van der Waals surface area contributed by atoms with Gasteiger partial charge in [0.25, 0.3) is 15.9 Å². The number of ether oxygens (including phenoxy) is 1. The number of anilines is 1. The zero-order valence-electron chi connectivity index (χ0n) is 19.5. The molecule has 1 amide bonds. The molecular weight excluding hydrogens is 464 g/mol. The van der Waals surface area contributed by atoms with Crippen molar-refractivity contribution >= 4 is 27.6 Å². The van der Waals surface area contributed by atoms with Gasteiger partial charge in [-0.1, -0.05) is 54.6 Å². The molecule has 0 spiro atoms. The molecule has 0 heterocycles.